The van der Waals surface area contributed by atoms with Crippen LogP contribution in [0.4, 0.5) is 0 Å². The largest absolute Gasteiger partial charge is 0.350 e. The Morgan fingerprint density at radius 2 is 1.86 bits per heavy atom. The predicted octanol–water partition coefficient (Wildman–Crippen LogP) is 3.52. The average Bonchev–Trinajstić information content (AvgIpc) is 2.83. The molecule has 1 N–H and O–H groups in total. The van der Waals surface area contributed by atoms with Crippen molar-refractivity contribution < 1.29 is 4.79 Å². The lowest BCUT2D eigenvalue weighted by atomic mass is 9.84. The summed E-state index contributed by atoms with van der Waals surface area (Å²) < 4.78 is 1.77. The van der Waals surface area contributed by atoms with Crippen molar-refractivity contribution in [1.82, 2.24) is 15.1 Å². The molecule has 0 bridgehead atoms. The highest BCUT2D eigenvalue weighted by Gasteiger charge is 2.18. The second-order valence-corrected chi connectivity index (χ2v) is 7.08. The second-order valence-electron chi connectivity index (χ2n) is 7.08. The molecule has 1 aromatic heterocycles. The molecule has 0 aliphatic rings. The Bertz CT molecular complexity index is 678. The summed E-state index contributed by atoms with van der Waals surface area (Å²) in [4.78, 5) is 12.4. The Kier molecular flexibility index (Phi) is 4.40. The standard InChI is InChI=1S/C18H25N3O/c1-12(2)20-17(22)14-7-13(15-10-19-21(6)11-15)8-16(9-14)18(3,4)5/h7-12H,1-6H3,(H,20,22). The van der Waals surface area contributed by atoms with Gasteiger partial charge in [0.15, 0.2) is 0 Å². The third-order valence-corrected chi connectivity index (χ3v) is 3.52. The summed E-state index contributed by atoms with van der Waals surface area (Å²) in [7, 11) is 1.89. The van der Waals surface area contributed by atoms with Crippen LogP contribution < -0.4 is 5.32 Å². The fourth-order valence-electron chi connectivity index (χ4n) is 2.27. The first kappa shape index (κ1) is 16.3. The van der Waals surface area contributed by atoms with Gasteiger partial charge in [-0.2, -0.15) is 5.10 Å². The SMILES string of the molecule is CC(C)NC(=O)c1cc(-c2cnn(C)c2)cc(C(C)(C)C)c1. The summed E-state index contributed by atoms with van der Waals surface area (Å²) >= 11 is 0. The number of carbonyl (C=O) groups excluding carboxylic acids is 1. The number of aryl methyl sites for hydroxylation is 1. The zero-order valence-electron chi connectivity index (χ0n) is 14.3. The smallest absolute Gasteiger partial charge is 0.251 e. The van der Waals surface area contributed by atoms with E-state index in [1.165, 1.54) is 0 Å². The highest BCUT2D eigenvalue weighted by Crippen LogP contribution is 2.29. The van der Waals surface area contributed by atoms with Gasteiger partial charge in [0, 0.05) is 30.4 Å². The normalized spacial score (nSPS) is 11.8. The number of aromatic nitrogens is 2. The second kappa shape index (κ2) is 5.95. The Balaban J connectivity index is 2.52. The summed E-state index contributed by atoms with van der Waals surface area (Å²) in [5.74, 6) is -0.0359. The molecule has 118 valence electrons. The van der Waals surface area contributed by atoms with Crippen molar-refractivity contribution in [1.29, 1.82) is 0 Å². The van der Waals surface area contributed by atoms with Gasteiger partial charge in [0.1, 0.15) is 0 Å². The van der Waals surface area contributed by atoms with Gasteiger partial charge in [0.25, 0.3) is 5.91 Å². The molecule has 1 amide bonds. The van der Waals surface area contributed by atoms with Crippen LogP contribution in [0.25, 0.3) is 11.1 Å². The van der Waals surface area contributed by atoms with Crippen LogP contribution in [0.5, 0.6) is 0 Å². The molecule has 0 radical (unpaired) electrons. The molecular weight excluding hydrogens is 274 g/mol. The van der Waals surface area contributed by atoms with Gasteiger partial charge in [0.05, 0.1) is 6.20 Å². The summed E-state index contributed by atoms with van der Waals surface area (Å²) in [5.41, 5.74) is 3.86. The fourth-order valence-corrected chi connectivity index (χ4v) is 2.27. The Hall–Kier alpha value is -2.10. The van der Waals surface area contributed by atoms with Crippen molar-refractivity contribution in [3.8, 4) is 11.1 Å². The molecule has 0 fully saturated rings. The zero-order chi connectivity index (χ0) is 16.5. The third-order valence-electron chi connectivity index (χ3n) is 3.52. The quantitative estimate of drug-likeness (QED) is 0.942. The van der Waals surface area contributed by atoms with Gasteiger partial charge in [-0.1, -0.05) is 26.8 Å². The lowest BCUT2D eigenvalue weighted by Crippen LogP contribution is -2.30. The molecule has 22 heavy (non-hydrogen) atoms. The van der Waals surface area contributed by atoms with Gasteiger partial charge >= 0.3 is 0 Å². The van der Waals surface area contributed by atoms with E-state index in [1.54, 1.807) is 4.68 Å². The number of nitrogens with one attached hydrogen (secondary N) is 1. The molecule has 0 unspecified atom stereocenters. The van der Waals surface area contributed by atoms with E-state index in [-0.39, 0.29) is 17.4 Å². The van der Waals surface area contributed by atoms with E-state index in [1.807, 2.05) is 45.4 Å². The number of nitrogens with zero attached hydrogens (tertiary/aromatic N) is 2. The van der Waals surface area contributed by atoms with Crippen molar-refractivity contribution in [2.45, 2.75) is 46.1 Å². The van der Waals surface area contributed by atoms with Gasteiger partial charge in [-0.05, 0) is 42.5 Å². The average molecular weight is 299 g/mol. The van der Waals surface area contributed by atoms with E-state index in [4.69, 9.17) is 0 Å². The lowest BCUT2D eigenvalue weighted by molar-refractivity contribution is 0.0943. The minimum absolute atomic E-state index is 0.0227. The molecule has 1 aromatic carbocycles. The molecule has 0 atom stereocenters. The summed E-state index contributed by atoms with van der Waals surface area (Å²) in [5, 5.41) is 7.19. The topological polar surface area (TPSA) is 46.9 Å². The Labute approximate surface area is 132 Å². The van der Waals surface area contributed by atoms with E-state index in [0.29, 0.717) is 5.56 Å². The van der Waals surface area contributed by atoms with Crippen LogP contribution in [0.1, 0.15) is 50.5 Å². The van der Waals surface area contributed by atoms with Crippen molar-refractivity contribution in [3.63, 3.8) is 0 Å². The van der Waals surface area contributed by atoms with Gasteiger partial charge in [-0.15, -0.1) is 0 Å². The number of amides is 1. The van der Waals surface area contributed by atoms with Crippen LogP contribution in [0, 0.1) is 0 Å². The van der Waals surface area contributed by atoms with Crippen LogP contribution in [0.3, 0.4) is 0 Å². The fraction of sp³-hybridized carbons (Fsp3) is 0.444. The summed E-state index contributed by atoms with van der Waals surface area (Å²) in [6.45, 7) is 10.4. The maximum atomic E-state index is 12.4. The maximum Gasteiger partial charge on any atom is 0.251 e. The predicted molar refractivity (Wildman–Crippen MR) is 89.9 cm³/mol. The first-order valence-corrected chi connectivity index (χ1v) is 7.62. The molecule has 0 aliphatic carbocycles. The van der Waals surface area contributed by atoms with Crippen LogP contribution >= 0.6 is 0 Å². The van der Waals surface area contributed by atoms with Crippen molar-refractivity contribution >= 4 is 5.91 Å². The number of hydrogen-bond donors (Lipinski definition) is 1. The molecule has 4 heteroatoms. The van der Waals surface area contributed by atoms with Gasteiger partial charge < -0.3 is 5.32 Å². The molecule has 0 aliphatic heterocycles. The third kappa shape index (κ3) is 3.75. The van der Waals surface area contributed by atoms with E-state index in [0.717, 1.165) is 16.7 Å². The first-order chi connectivity index (χ1) is 10.2. The van der Waals surface area contributed by atoms with Crippen molar-refractivity contribution in [2.24, 2.45) is 7.05 Å². The number of carbonyl (C=O) groups is 1. The van der Waals surface area contributed by atoms with E-state index < -0.39 is 0 Å². The number of rotatable bonds is 3. The Morgan fingerprint density at radius 3 is 2.36 bits per heavy atom. The minimum Gasteiger partial charge on any atom is -0.350 e. The van der Waals surface area contributed by atoms with E-state index in [9.17, 15) is 4.79 Å². The first-order valence-electron chi connectivity index (χ1n) is 7.62. The molecule has 0 saturated carbocycles. The highest BCUT2D eigenvalue weighted by atomic mass is 16.1. The molecule has 2 aromatic rings. The molecule has 1 heterocycles. The van der Waals surface area contributed by atoms with Crippen LogP contribution in [0.2, 0.25) is 0 Å². The highest BCUT2D eigenvalue weighted by molar-refractivity contribution is 5.96. The molecule has 4 nitrogen and oxygen atoms in total. The van der Waals surface area contributed by atoms with Gasteiger partial charge in [0.2, 0.25) is 0 Å². The van der Waals surface area contributed by atoms with Crippen molar-refractivity contribution in [2.75, 3.05) is 0 Å². The molecule has 0 spiro atoms. The van der Waals surface area contributed by atoms with Crippen LogP contribution in [-0.4, -0.2) is 21.7 Å². The molecule has 2 rings (SSSR count). The molecular formula is C18H25N3O. The maximum absolute atomic E-state index is 12.4. The lowest BCUT2D eigenvalue weighted by Gasteiger charge is -2.21. The minimum atomic E-state index is -0.0359. The van der Waals surface area contributed by atoms with Crippen molar-refractivity contribution in [3.05, 3.63) is 41.7 Å². The summed E-state index contributed by atoms with van der Waals surface area (Å²) in [6, 6.07) is 6.18. The molecule has 0 saturated heterocycles. The van der Waals surface area contributed by atoms with Crippen LogP contribution in [0.15, 0.2) is 30.6 Å². The van der Waals surface area contributed by atoms with E-state index >= 15 is 0 Å². The van der Waals surface area contributed by atoms with E-state index in [2.05, 4.69) is 37.3 Å². The summed E-state index contributed by atoms with van der Waals surface area (Å²) in [6.07, 6.45) is 3.79. The number of hydrogen-bond acceptors (Lipinski definition) is 2. The van der Waals surface area contributed by atoms with Gasteiger partial charge in [-0.25, -0.2) is 0 Å². The Morgan fingerprint density at radius 1 is 1.18 bits per heavy atom. The van der Waals surface area contributed by atoms with Crippen LogP contribution in [-0.2, 0) is 12.5 Å². The zero-order valence-corrected chi connectivity index (χ0v) is 14.3. The number of benzene rings is 1. The van der Waals surface area contributed by atoms with Gasteiger partial charge in [-0.3, -0.25) is 9.48 Å². The monoisotopic (exact) mass is 299 g/mol.